The minimum absolute atomic E-state index is 0.143. The van der Waals surface area contributed by atoms with E-state index < -0.39 is 5.97 Å². The lowest BCUT2D eigenvalue weighted by molar-refractivity contribution is -0.122. The van der Waals surface area contributed by atoms with Gasteiger partial charge in [-0.15, -0.1) is 0 Å². The van der Waals surface area contributed by atoms with E-state index in [4.69, 9.17) is 26.6 Å². The Bertz CT molecular complexity index is 285. The molecule has 0 amide bonds. The summed E-state index contributed by atoms with van der Waals surface area (Å²) in [5.41, 5.74) is 0.143. The summed E-state index contributed by atoms with van der Waals surface area (Å²) in [5, 5.41) is 15.6. The molecule has 0 radical (unpaired) electrons. The number of halogens is 1. The SMILES string of the molecule is O=C(O)c1ccc(Cl)nc1.O=CO. The van der Waals surface area contributed by atoms with E-state index >= 15 is 0 Å². The Morgan fingerprint density at radius 1 is 1.54 bits per heavy atom. The second-order valence-electron chi connectivity index (χ2n) is 1.78. The number of hydrogen-bond donors (Lipinski definition) is 2. The molecule has 0 atom stereocenters. The second kappa shape index (κ2) is 5.96. The zero-order chi connectivity index (χ0) is 10.3. The van der Waals surface area contributed by atoms with Crippen LogP contribution in [0.4, 0.5) is 0 Å². The summed E-state index contributed by atoms with van der Waals surface area (Å²) in [6.07, 6.45) is 1.21. The monoisotopic (exact) mass is 203 g/mol. The summed E-state index contributed by atoms with van der Waals surface area (Å²) in [4.78, 5) is 22.2. The summed E-state index contributed by atoms with van der Waals surface area (Å²) < 4.78 is 0. The van der Waals surface area contributed by atoms with Crippen molar-refractivity contribution in [1.82, 2.24) is 4.98 Å². The Labute approximate surface area is 78.6 Å². The van der Waals surface area contributed by atoms with Crippen LogP contribution < -0.4 is 0 Å². The number of carboxylic acids is 1. The number of pyridine rings is 1. The van der Waals surface area contributed by atoms with Crippen LogP contribution in [-0.2, 0) is 4.79 Å². The van der Waals surface area contributed by atoms with Crippen molar-refractivity contribution in [2.45, 2.75) is 0 Å². The Hall–Kier alpha value is -1.62. The van der Waals surface area contributed by atoms with Crippen LogP contribution in [0.5, 0.6) is 0 Å². The lowest BCUT2D eigenvalue weighted by Gasteiger charge is -1.90. The van der Waals surface area contributed by atoms with Crippen LogP contribution in [0.2, 0.25) is 5.15 Å². The van der Waals surface area contributed by atoms with Crippen LogP contribution >= 0.6 is 11.6 Å². The fourth-order valence-electron chi connectivity index (χ4n) is 0.502. The largest absolute Gasteiger partial charge is 0.483 e. The predicted octanol–water partition coefficient (Wildman–Crippen LogP) is 1.13. The van der Waals surface area contributed by atoms with Crippen LogP contribution in [0.15, 0.2) is 18.3 Å². The average Bonchev–Trinajstić information content (AvgIpc) is 2.06. The van der Waals surface area contributed by atoms with Gasteiger partial charge in [0.05, 0.1) is 5.56 Å². The van der Waals surface area contributed by atoms with Gasteiger partial charge in [-0.3, -0.25) is 4.79 Å². The van der Waals surface area contributed by atoms with Gasteiger partial charge in [-0.2, -0.15) is 0 Å². The minimum atomic E-state index is -0.996. The molecule has 13 heavy (non-hydrogen) atoms. The summed E-state index contributed by atoms with van der Waals surface area (Å²) >= 11 is 5.41. The van der Waals surface area contributed by atoms with Gasteiger partial charge in [-0.25, -0.2) is 9.78 Å². The van der Waals surface area contributed by atoms with Crippen molar-refractivity contribution in [2.24, 2.45) is 0 Å². The third-order valence-electron chi connectivity index (χ3n) is 0.974. The Morgan fingerprint density at radius 2 is 2.08 bits per heavy atom. The number of aromatic carboxylic acids is 1. The molecule has 0 spiro atoms. The van der Waals surface area contributed by atoms with Gasteiger partial charge in [0.25, 0.3) is 6.47 Å². The molecule has 0 bridgehead atoms. The minimum Gasteiger partial charge on any atom is -0.483 e. The number of hydrogen-bond acceptors (Lipinski definition) is 3. The number of rotatable bonds is 1. The van der Waals surface area contributed by atoms with Crippen molar-refractivity contribution in [3.8, 4) is 0 Å². The summed E-state index contributed by atoms with van der Waals surface area (Å²) in [6, 6.07) is 2.84. The van der Waals surface area contributed by atoms with E-state index in [-0.39, 0.29) is 12.0 Å². The van der Waals surface area contributed by atoms with Gasteiger partial charge in [0.2, 0.25) is 0 Å². The first-order valence-corrected chi connectivity index (χ1v) is 3.42. The molecule has 0 saturated carbocycles. The lowest BCUT2D eigenvalue weighted by Crippen LogP contribution is -1.95. The molecule has 0 unspecified atom stereocenters. The molecule has 5 nitrogen and oxygen atoms in total. The molecule has 1 aromatic rings. The van der Waals surface area contributed by atoms with Gasteiger partial charge < -0.3 is 10.2 Å². The van der Waals surface area contributed by atoms with Crippen molar-refractivity contribution >= 4 is 24.0 Å². The lowest BCUT2D eigenvalue weighted by atomic mass is 10.3. The zero-order valence-electron chi connectivity index (χ0n) is 6.35. The Morgan fingerprint density at radius 3 is 2.38 bits per heavy atom. The molecule has 0 saturated heterocycles. The van der Waals surface area contributed by atoms with E-state index in [2.05, 4.69) is 4.98 Å². The van der Waals surface area contributed by atoms with E-state index in [0.717, 1.165) is 0 Å². The Kier molecular flexibility index (Phi) is 5.22. The standard InChI is InChI=1S/C6H4ClNO2.CH2O2/c7-5-2-1-4(3-8-5)6(9)10;2-1-3/h1-3H,(H,9,10);1H,(H,2,3). The molecule has 2 N–H and O–H groups in total. The second-order valence-corrected chi connectivity index (χ2v) is 2.17. The molecule has 0 aliphatic rings. The molecule has 1 aromatic heterocycles. The van der Waals surface area contributed by atoms with Gasteiger partial charge in [-0.05, 0) is 12.1 Å². The van der Waals surface area contributed by atoms with Crippen molar-refractivity contribution in [3.63, 3.8) is 0 Å². The first-order chi connectivity index (χ1) is 6.11. The maximum absolute atomic E-state index is 10.2. The molecular weight excluding hydrogens is 198 g/mol. The van der Waals surface area contributed by atoms with Gasteiger partial charge in [0, 0.05) is 6.20 Å². The molecule has 1 rings (SSSR count). The van der Waals surface area contributed by atoms with Crippen LogP contribution in [0.1, 0.15) is 10.4 Å². The molecule has 0 aliphatic heterocycles. The van der Waals surface area contributed by atoms with E-state index in [1.165, 1.54) is 18.3 Å². The number of aromatic nitrogens is 1. The topological polar surface area (TPSA) is 87.5 Å². The highest BCUT2D eigenvalue weighted by molar-refractivity contribution is 6.29. The van der Waals surface area contributed by atoms with Gasteiger partial charge >= 0.3 is 5.97 Å². The molecular formula is C7H6ClNO4. The van der Waals surface area contributed by atoms with Gasteiger partial charge in [0.1, 0.15) is 5.15 Å². The van der Waals surface area contributed by atoms with Crippen LogP contribution in [0, 0.1) is 0 Å². The molecule has 6 heteroatoms. The highest BCUT2D eigenvalue weighted by atomic mass is 35.5. The van der Waals surface area contributed by atoms with E-state index in [9.17, 15) is 4.79 Å². The van der Waals surface area contributed by atoms with Crippen molar-refractivity contribution in [1.29, 1.82) is 0 Å². The van der Waals surface area contributed by atoms with E-state index in [1.54, 1.807) is 0 Å². The first-order valence-electron chi connectivity index (χ1n) is 3.04. The van der Waals surface area contributed by atoms with Gasteiger partial charge in [0.15, 0.2) is 0 Å². The normalized spacial score (nSPS) is 8.08. The molecule has 0 fully saturated rings. The summed E-state index contributed by atoms with van der Waals surface area (Å²) in [5.74, 6) is -0.996. The zero-order valence-corrected chi connectivity index (χ0v) is 7.10. The number of carboxylic acid groups (broad SMARTS) is 2. The Balaban J connectivity index is 0.000000424. The quantitative estimate of drug-likeness (QED) is 0.528. The summed E-state index contributed by atoms with van der Waals surface area (Å²) in [6.45, 7) is -0.250. The van der Waals surface area contributed by atoms with E-state index in [1.807, 2.05) is 0 Å². The first kappa shape index (κ1) is 11.4. The van der Waals surface area contributed by atoms with Crippen LogP contribution in [-0.4, -0.2) is 27.6 Å². The molecule has 70 valence electrons. The maximum atomic E-state index is 10.2. The average molecular weight is 204 g/mol. The number of carbonyl (C=O) groups is 2. The van der Waals surface area contributed by atoms with Gasteiger partial charge in [-0.1, -0.05) is 11.6 Å². The van der Waals surface area contributed by atoms with Crippen molar-refractivity contribution in [2.75, 3.05) is 0 Å². The molecule has 0 aliphatic carbocycles. The third-order valence-corrected chi connectivity index (χ3v) is 1.20. The number of nitrogens with zero attached hydrogens (tertiary/aromatic N) is 1. The van der Waals surface area contributed by atoms with E-state index in [0.29, 0.717) is 5.15 Å². The van der Waals surface area contributed by atoms with Crippen molar-refractivity contribution < 1.29 is 19.8 Å². The highest BCUT2D eigenvalue weighted by Crippen LogP contribution is 2.04. The molecule has 1 heterocycles. The van der Waals surface area contributed by atoms with Crippen molar-refractivity contribution in [3.05, 3.63) is 29.0 Å². The fraction of sp³-hybridized carbons (Fsp3) is 0. The van der Waals surface area contributed by atoms with Crippen LogP contribution in [0.25, 0.3) is 0 Å². The predicted molar refractivity (Wildman–Crippen MR) is 44.9 cm³/mol. The third kappa shape index (κ3) is 4.76. The maximum Gasteiger partial charge on any atom is 0.337 e. The molecule has 0 aromatic carbocycles. The highest BCUT2D eigenvalue weighted by Gasteiger charge is 2.00. The smallest absolute Gasteiger partial charge is 0.337 e. The van der Waals surface area contributed by atoms with Crippen LogP contribution in [0.3, 0.4) is 0 Å². The summed E-state index contributed by atoms with van der Waals surface area (Å²) in [7, 11) is 0. The fourth-order valence-corrected chi connectivity index (χ4v) is 0.614.